The molecule has 0 bridgehead atoms. The Bertz CT molecular complexity index is 287. The Morgan fingerprint density at radius 1 is 1.33 bits per heavy atom. The van der Waals surface area contributed by atoms with Crippen LogP contribution >= 0.6 is 0 Å². The number of rotatable bonds is 8. The van der Waals surface area contributed by atoms with Crippen molar-refractivity contribution in [3.05, 3.63) is 0 Å². The van der Waals surface area contributed by atoms with Crippen molar-refractivity contribution in [2.24, 2.45) is 11.8 Å². The lowest BCUT2D eigenvalue weighted by molar-refractivity contribution is -0.142. The van der Waals surface area contributed by atoms with Crippen LogP contribution in [0.25, 0.3) is 0 Å². The van der Waals surface area contributed by atoms with Crippen molar-refractivity contribution >= 4 is 11.9 Å². The summed E-state index contributed by atoms with van der Waals surface area (Å²) in [4.78, 5) is 22.7. The van der Waals surface area contributed by atoms with Gasteiger partial charge in [-0.1, -0.05) is 13.8 Å². The van der Waals surface area contributed by atoms with E-state index in [1.807, 2.05) is 27.7 Å². The molecule has 106 valence electrons. The Morgan fingerprint density at radius 2 is 1.89 bits per heavy atom. The molecule has 0 saturated heterocycles. The molecule has 0 aromatic rings. The molecule has 0 rings (SSSR count). The summed E-state index contributed by atoms with van der Waals surface area (Å²) in [6, 6.07) is 0. The molecule has 0 aliphatic carbocycles. The quantitative estimate of drug-likeness (QED) is 0.695. The lowest BCUT2D eigenvalue weighted by Gasteiger charge is -2.22. The Labute approximate surface area is 109 Å². The number of methoxy groups -OCH3 is 1. The number of hydrogen-bond acceptors (Lipinski definition) is 3. The number of hydrogen-bond donors (Lipinski definition) is 2. The SMILES string of the molecule is COC(C)(C)CC(=O)NCC(CC(C)C)C(=O)O. The van der Waals surface area contributed by atoms with E-state index in [1.165, 1.54) is 0 Å². The van der Waals surface area contributed by atoms with Gasteiger partial charge in [-0.05, 0) is 26.2 Å². The van der Waals surface area contributed by atoms with Crippen LogP contribution in [0.5, 0.6) is 0 Å². The highest BCUT2D eigenvalue weighted by atomic mass is 16.5. The predicted molar refractivity (Wildman–Crippen MR) is 69.3 cm³/mol. The molecule has 1 amide bonds. The summed E-state index contributed by atoms with van der Waals surface area (Å²) in [5, 5.41) is 11.7. The molecule has 0 aliphatic rings. The van der Waals surface area contributed by atoms with Crippen LogP contribution in [0.1, 0.15) is 40.5 Å². The fourth-order valence-electron chi connectivity index (χ4n) is 1.60. The first-order valence-electron chi connectivity index (χ1n) is 6.22. The van der Waals surface area contributed by atoms with E-state index < -0.39 is 17.5 Å². The third kappa shape index (κ3) is 7.27. The first-order valence-corrected chi connectivity index (χ1v) is 6.22. The molecule has 5 nitrogen and oxygen atoms in total. The summed E-state index contributed by atoms with van der Waals surface area (Å²) in [5.41, 5.74) is -0.527. The molecule has 0 saturated carbocycles. The first kappa shape index (κ1) is 16.9. The highest BCUT2D eigenvalue weighted by molar-refractivity contribution is 5.78. The van der Waals surface area contributed by atoms with Gasteiger partial charge in [-0.2, -0.15) is 0 Å². The van der Waals surface area contributed by atoms with E-state index in [0.717, 1.165) is 0 Å². The molecule has 0 heterocycles. The Hall–Kier alpha value is -1.10. The van der Waals surface area contributed by atoms with Crippen LogP contribution in [-0.4, -0.2) is 36.2 Å². The van der Waals surface area contributed by atoms with Crippen LogP contribution in [0, 0.1) is 11.8 Å². The highest BCUT2D eigenvalue weighted by Crippen LogP contribution is 2.14. The zero-order chi connectivity index (χ0) is 14.3. The molecule has 5 heteroatoms. The van der Waals surface area contributed by atoms with Gasteiger partial charge >= 0.3 is 5.97 Å². The molecule has 18 heavy (non-hydrogen) atoms. The van der Waals surface area contributed by atoms with Crippen LogP contribution < -0.4 is 5.32 Å². The molecule has 1 atom stereocenters. The monoisotopic (exact) mass is 259 g/mol. The second-order valence-electron chi connectivity index (χ2n) is 5.61. The van der Waals surface area contributed by atoms with E-state index >= 15 is 0 Å². The first-order chi connectivity index (χ1) is 8.18. The van der Waals surface area contributed by atoms with E-state index in [-0.39, 0.29) is 18.9 Å². The fraction of sp³-hybridized carbons (Fsp3) is 0.846. The smallest absolute Gasteiger partial charge is 0.308 e. The van der Waals surface area contributed by atoms with Crippen LogP contribution in [0.3, 0.4) is 0 Å². The van der Waals surface area contributed by atoms with Gasteiger partial charge in [0.1, 0.15) is 0 Å². The Balaban J connectivity index is 4.20. The zero-order valence-electron chi connectivity index (χ0n) is 11.9. The number of aliphatic carboxylic acids is 1. The van der Waals surface area contributed by atoms with Gasteiger partial charge in [0.2, 0.25) is 5.91 Å². The summed E-state index contributed by atoms with van der Waals surface area (Å²) in [7, 11) is 1.55. The van der Waals surface area contributed by atoms with Gasteiger partial charge in [-0.25, -0.2) is 0 Å². The average molecular weight is 259 g/mol. The molecule has 0 spiro atoms. The van der Waals surface area contributed by atoms with Crippen molar-refractivity contribution in [2.75, 3.05) is 13.7 Å². The largest absolute Gasteiger partial charge is 0.481 e. The van der Waals surface area contributed by atoms with Gasteiger partial charge in [0.15, 0.2) is 0 Å². The molecule has 0 aliphatic heterocycles. The molecular formula is C13H25NO4. The topological polar surface area (TPSA) is 75.6 Å². The van der Waals surface area contributed by atoms with Crippen molar-refractivity contribution in [1.29, 1.82) is 0 Å². The summed E-state index contributed by atoms with van der Waals surface area (Å²) in [6.45, 7) is 7.73. The summed E-state index contributed by atoms with van der Waals surface area (Å²) < 4.78 is 5.15. The zero-order valence-corrected chi connectivity index (χ0v) is 11.9. The third-order valence-corrected chi connectivity index (χ3v) is 2.79. The Kier molecular flexibility index (Phi) is 6.91. The molecule has 0 radical (unpaired) electrons. The van der Waals surface area contributed by atoms with Gasteiger partial charge in [0.25, 0.3) is 0 Å². The van der Waals surface area contributed by atoms with Gasteiger partial charge in [-0.15, -0.1) is 0 Å². The second-order valence-corrected chi connectivity index (χ2v) is 5.61. The lowest BCUT2D eigenvalue weighted by atomic mass is 9.97. The maximum Gasteiger partial charge on any atom is 0.308 e. The number of ether oxygens (including phenoxy) is 1. The van der Waals surface area contributed by atoms with E-state index in [4.69, 9.17) is 9.84 Å². The fourth-order valence-corrected chi connectivity index (χ4v) is 1.60. The number of carboxylic acid groups (broad SMARTS) is 1. The number of carbonyl (C=O) groups excluding carboxylic acids is 1. The minimum Gasteiger partial charge on any atom is -0.481 e. The number of nitrogens with one attached hydrogen (secondary N) is 1. The minimum atomic E-state index is -0.866. The summed E-state index contributed by atoms with van der Waals surface area (Å²) >= 11 is 0. The normalized spacial score (nSPS) is 13.4. The third-order valence-electron chi connectivity index (χ3n) is 2.79. The maximum absolute atomic E-state index is 11.6. The number of carboxylic acids is 1. The number of carbonyl (C=O) groups is 2. The van der Waals surface area contributed by atoms with Crippen molar-refractivity contribution in [1.82, 2.24) is 5.32 Å². The molecule has 0 aromatic heterocycles. The van der Waals surface area contributed by atoms with E-state index in [0.29, 0.717) is 12.3 Å². The average Bonchev–Trinajstić information content (AvgIpc) is 2.22. The minimum absolute atomic E-state index is 0.173. The molecule has 0 aromatic carbocycles. The lowest BCUT2D eigenvalue weighted by Crippen LogP contribution is -2.38. The summed E-state index contributed by atoms with van der Waals surface area (Å²) in [6.07, 6.45) is 0.779. The summed E-state index contributed by atoms with van der Waals surface area (Å²) in [5.74, 6) is -1.29. The number of amides is 1. The van der Waals surface area contributed by atoms with Crippen molar-refractivity contribution in [2.45, 2.75) is 46.1 Å². The molecular weight excluding hydrogens is 234 g/mol. The van der Waals surface area contributed by atoms with Crippen LogP contribution in [0.2, 0.25) is 0 Å². The van der Waals surface area contributed by atoms with Crippen LogP contribution in [0.4, 0.5) is 0 Å². The van der Waals surface area contributed by atoms with Gasteiger partial charge < -0.3 is 15.2 Å². The predicted octanol–water partition coefficient (Wildman–Crippen LogP) is 1.66. The van der Waals surface area contributed by atoms with Crippen LogP contribution in [-0.2, 0) is 14.3 Å². The molecule has 2 N–H and O–H groups in total. The standard InChI is InChI=1S/C13H25NO4/c1-9(2)6-10(12(16)17)8-14-11(15)7-13(3,4)18-5/h9-10H,6-8H2,1-5H3,(H,14,15)(H,16,17). The molecule has 1 unspecified atom stereocenters. The van der Waals surface area contributed by atoms with Crippen molar-refractivity contribution < 1.29 is 19.4 Å². The van der Waals surface area contributed by atoms with Crippen LogP contribution in [0.15, 0.2) is 0 Å². The van der Waals surface area contributed by atoms with E-state index in [2.05, 4.69) is 5.32 Å². The van der Waals surface area contributed by atoms with E-state index in [1.54, 1.807) is 7.11 Å². The van der Waals surface area contributed by atoms with Gasteiger partial charge in [-0.3, -0.25) is 9.59 Å². The Morgan fingerprint density at radius 3 is 2.28 bits per heavy atom. The highest BCUT2D eigenvalue weighted by Gasteiger charge is 2.23. The second kappa shape index (κ2) is 7.36. The maximum atomic E-state index is 11.6. The van der Waals surface area contributed by atoms with Gasteiger partial charge in [0, 0.05) is 13.7 Å². The van der Waals surface area contributed by atoms with Gasteiger partial charge in [0.05, 0.1) is 17.9 Å². The van der Waals surface area contributed by atoms with Crippen molar-refractivity contribution in [3.63, 3.8) is 0 Å². The molecule has 0 fully saturated rings. The van der Waals surface area contributed by atoms with E-state index in [9.17, 15) is 9.59 Å². The van der Waals surface area contributed by atoms with Crippen molar-refractivity contribution in [3.8, 4) is 0 Å².